The molecule has 1 fully saturated rings. The van der Waals surface area contributed by atoms with E-state index in [2.05, 4.69) is 51.7 Å². The number of aromatic nitrogens is 2. The molecule has 19 heavy (non-hydrogen) atoms. The summed E-state index contributed by atoms with van der Waals surface area (Å²) >= 11 is 8.86. The lowest BCUT2D eigenvalue weighted by molar-refractivity contribution is -0.0256. The maximum Gasteiger partial charge on any atom is 0.144 e. The summed E-state index contributed by atoms with van der Waals surface area (Å²) in [6.07, 6.45) is 0.932. The van der Waals surface area contributed by atoms with Gasteiger partial charge in [-0.15, -0.1) is 0 Å². The van der Waals surface area contributed by atoms with Gasteiger partial charge in [0.15, 0.2) is 0 Å². The van der Waals surface area contributed by atoms with E-state index in [1.807, 2.05) is 0 Å². The van der Waals surface area contributed by atoms with Gasteiger partial charge in [0.2, 0.25) is 0 Å². The molecule has 1 aliphatic rings. The summed E-state index contributed by atoms with van der Waals surface area (Å²) in [5, 5.41) is 0. The van der Waals surface area contributed by atoms with E-state index in [9.17, 15) is 0 Å². The van der Waals surface area contributed by atoms with E-state index < -0.39 is 0 Å². The van der Waals surface area contributed by atoms with Crippen LogP contribution in [0.2, 0.25) is 0 Å². The summed E-state index contributed by atoms with van der Waals surface area (Å²) in [6.45, 7) is 6.93. The first-order chi connectivity index (χ1) is 8.97. The quantitative estimate of drug-likeness (QED) is 0.854. The number of nitrogens with zero attached hydrogens (tertiary/aromatic N) is 2. The largest absolute Gasteiger partial charge is 0.368 e. The molecule has 0 spiro atoms. The molecular formula is C13H20BrN3OS. The van der Waals surface area contributed by atoms with Gasteiger partial charge in [-0.1, -0.05) is 26.1 Å². The number of H-pyrrole nitrogens is 1. The van der Waals surface area contributed by atoms with Crippen molar-refractivity contribution in [1.29, 1.82) is 0 Å². The van der Waals surface area contributed by atoms with Gasteiger partial charge in [-0.25, -0.2) is 4.98 Å². The molecule has 1 unspecified atom stereocenters. The Labute approximate surface area is 127 Å². The van der Waals surface area contributed by atoms with E-state index in [1.54, 1.807) is 0 Å². The number of halogens is 1. The summed E-state index contributed by atoms with van der Waals surface area (Å²) in [7, 11) is 2.10. The maximum atomic E-state index is 5.79. The fraction of sp³-hybridized carbons (Fsp3) is 0.692. The average molecular weight is 346 g/mol. The van der Waals surface area contributed by atoms with Gasteiger partial charge in [-0.2, -0.15) is 0 Å². The topological polar surface area (TPSA) is 41.2 Å². The molecule has 1 aromatic heterocycles. The molecule has 0 aliphatic carbocycles. The molecular weight excluding hydrogens is 326 g/mol. The first-order valence-corrected chi connectivity index (χ1v) is 7.76. The van der Waals surface area contributed by atoms with Crippen molar-refractivity contribution in [2.24, 2.45) is 5.92 Å². The second-order valence-electron chi connectivity index (χ2n) is 5.44. The van der Waals surface area contributed by atoms with Gasteiger partial charge in [-0.3, -0.25) is 0 Å². The van der Waals surface area contributed by atoms with Gasteiger partial charge in [-0.05, 0) is 35.3 Å². The molecule has 0 aromatic carbocycles. The second kappa shape index (κ2) is 6.43. The molecule has 0 amide bonds. The third-order valence-electron chi connectivity index (χ3n) is 3.14. The van der Waals surface area contributed by atoms with E-state index in [4.69, 9.17) is 17.0 Å². The monoisotopic (exact) mass is 345 g/mol. The van der Waals surface area contributed by atoms with Crippen molar-refractivity contribution in [3.05, 3.63) is 20.6 Å². The first kappa shape index (κ1) is 15.1. The Balaban J connectivity index is 2.30. The predicted octanol–water partition coefficient (Wildman–Crippen LogP) is 3.10. The van der Waals surface area contributed by atoms with E-state index in [-0.39, 0.29) is 6.10 Å². The van der Waals surface area contributed by atoms with Crippen LogP contribution >= 0.6 is 28.1 Å². The molecule has 0 radical (unpaired) electrons. The molecule has 2 heterocycles. The fourth-order valence-electron chi connectivity index (χ4n) is 2.17. The zero-order valence-corrected chi connectivity index (χ0v) is 14.0. The SMILES string of the molecule is CC(C)Cc1[nH]c(C2CN(C)CCO2)nc(=S)c1Br. The Morgan fingerprint density at radius 2 is 2.32 bits per heavy atom. The fourth-order valence-corrected chi connectivity index (χ4v) is 2.74. The number of likely N-dealkylation sites (N-methyl/N-ethyl adjacent to an activating group) is 1. The number of nitrogens with one attached hydrogen (secondary N) is 1. The highest BCUT2D eigenvalue weighted by Crippen LogP contribution is 2.24. The normalized spacial score (nSPS) is 21.0. The van der Waals surface area contributed by atoms with Crippen LogP contribution in [0.3, 0.4) is 0 Å². The molecule has 1 atom stereocenters. The molecule has 1 aromatic rings. The summed E-state index contributed by atoms with van der Waals surface area (Å²) in [4.78, 5) is 10.1. The third kappa shape index (κ3) is 3.84. The van der Waals surface area contributed by atoms with Crippen molar-refractivity contribution in [2.45, 2.75) is 26.4 Å². The number of ether oxygens (including phenoxy) is 1. The van der Waals surface area contributed by atoms with Crippen molar-refractivity contribution in [3.63, 3.8) is 0 Å². The van der Waals surface area contributed by atoms with Crippen molar-refractivity contribution >= 4 is 28.1 Å². The van der Waals surface area contributed by atoms with Crippen LogP contribution in [0.15, 0.2) is 4.47 Å². The molecule has 0 saturated carbocycles. The van der Waals surface area contributed by atoms with Crippen LogP contribution in [0.5, 0.6) is 0 Å². The molecule has 1 N–H and O–H groups in total. The van der Waals surface area contributed by atoms with Crippen molar-refractivity contribution < 1.29 is 4.74 Å². The molecule has 1 aliphatic heterocycles. The van der Waals surface area contributed by atoms with Gasteiger partial charge in [0.1, 0.15) is 16.6 Å². The van der Waals surface area contributed by atoms with Gasteiger partial charge in [0.05, 0.1) is 11.1 Å². The zero-order valence-electron chi connectivity index (χ0n) is 11.6. The van der Waals surface area contributed by atoms with Gasteiger partial charge in [0, 0.05) is 18.8 Å². The Bertz CT molecular complexity index is 503. The minimum Gasteiger partial charge on any atom is -0.368 e. The molecule has 1 saturated heterocycles. The van der Waals surface area contributed by atoms with E-state index in [0.717, 1.165) is 42.1 Å². The Hall–Kier alpha value is -0.300. The van der Waals surface area contributed by atoms with E-state index in [1.165, 1.54) is 0 Å². The summed E-state index contributed by atoms with van der Waals surface area (Å²) < 4.78 is 7.31. The minimum atomic E-state index is -0.0144. The lowest BCUT2D eigenvalue weighted by Gasteiger charge is -2.29. The number of aromatic amines is 1. The minimum absolute atomic E-state index is 0.0144. The summed E-state index contributed by atoms with van der Waals surface area (Å²) in [5.41, 5.74) is 1.11. The highest BCUT2D eigenvalue weighted by Gasteiger charge is 2.22. The second-order valence-corrected chi connectivity index (χ2v) is 6.62. The summed E-state index contributed by atoms with van der Waals surface area (Å²) in [6, 6.07) is 0. The van der Waals surface area contributed by atoms with Crippen molar-refractivity contribution in [1.82, 2.24) is 14.9 Å². The number of hydrogen-bond donors (Lipinski definition) is 1. The molecule has 106 valence electrons. The van der Waals surface area contributed by atoms with Crippen LogP contribution in [0.25, 0.3) is 0 Å². The molecule has 0 bridgehead atoms. The van der Waals surface area contributed by atoms with E-state index >= 15 is 0 Å². The third-order valence-corrected chi connectivity index (χ3v) is 4.55. The lowest BCUT2D eigenvalue weighted by atomic mass is 10.1. The van der Waals surface area contributed by atoms with Gasteiger partial charge in [0.25, 0.3) is 0 Å². The Kier molecular flexibility index (Phi) is 5.11. The predicted molar refractivity (Wildman–Crippen MR) is 81.9 cm³/mol. The summed E-state index contributed by atoms with van der Waals surface area (Å²) in [5.74, 6) is 1.41. The van der Waals surface area contributed by atoms with Crippen molar-refractivity contribution in [3.8, 4) is 0 Å². The zero-order chi connectivity index (χ0) is 14.0. The molecule has 4 nitrogen and oxygen atoms in total. The van der Waals surface area contributed by atoms with Crippen LogP contribution < -0.4 is 0 Å². The Morgan fingerprint density at radius 3 is 2.95 bits per heavy atom. The average Bonchev–Trinajstić information content (AvgIpc) is 2.34. The highest BCUT2D eigenvalue weighted by molar-refractivity contribution is 9.10. The van der Waals surface area contributed by atoms with Crippen LogP contribution in [0, 0.1) is 10.6 Å². The number of hydrogen-bond acceptors (Lipinski definition) is 4. The van der Waals surface area contributed by atoms with Crippen LogP contribution in [0.1, 0.15) is 31.5 Å². The number of rotatable bonds is 3. The first-order valence-electron chi connectivity index (χ1n) is 6.56. The van der Waals surface area contributed by atoms with Crippen molar-refractivity contribution in [2.75, 3.05) is 26.7 Å². The number of morpholine rings is 1. The van der Waals surface area contributed by atoms with E-state index in [0.29, 0.717) is 10.6 Å². The Morgan fingerprint density at radius 1 is 1.58 bits per heavy atom. The van der Waals surface area contributed by atoms with Crippen LogP contribution in [0.4, 0.5) is 0 Å². The van der Waals surface area contributed by atoms with Gasteiger partial charge < -0.3 is 14.6 Å². The maximum absolute atomic E-state index is 5.79. The van der Waals surface area contributed by atoms with Crippen LogP contribution in [-0.4, -0.2) is 41.6 Å². The van der Waals surface area contributed by atoms with Crippen LogP contribution in [-0.2, 0) is 11.2 Å². The smallest absolute Gasteiger partial charge is 0.144 e. The highest BCUT2D eigenvalue weighted by atomic mass is 79.9. The molecule has 2 rings (SSSR count). The standard InChI is InChI=1S/C13H20BrN3OS/c1-8(2)6-9-11(14)13(19)16-12(15-9)10-7-17(3)4-5-18-10/h8,10H,4-7H2,1-3H3,(H,15,16,19). The molecule has 6 heteroatoms. The van der Waals surface area contributed by atoms with Gasteiger partial charge >= 0.3 is 0 Å². The lowest BCUT2D eigenvalue weighted by Crippen LogP contribution is -2.36.